The molecule has 1 unspecified atom stereocenters. The number of ether oxygens (including phenoxy) is 2. The smallest absolute Gasteiger partial charge is 0.337 e. The molecule has 0 aromatic heterocycles. The summed E-state index contributed by atoms with van der Waals surface area (Å²) in [6.07, 6.45) is 0.546. The van der Waals surface area contributed by atoms with E-state index in [9.17, 15) is 9.59 Å². The van der Waals surface area contributed by atoms with Gasteiger partial charge in [0.1, 0.15) is 12.4 Å². The first-order valence-electron chi connectivity index (χ1n) is 7.98. The third-order valence-corrected chi connectivity index (χ3v) is 4.46. The van der Waals surface area contributed by atoms with Crippen LogP contribution in [0.15, 0.2) is 36.4 Å². The Kier molecular flexibility index (Phi) is 4.38. The normalized spacial score (nSPS) is 16.0. The molecule has 0 N–H and O–H groups in total. The van der Waals surface area contributed by atoms with Crippen LogP contribution in [0.2, 0.25) is 0 Å². The number of fused-ring (bicyclic) bond motifs is 1. The summed E-state index contributed by atoms with van der Waals surface area (Å²) in [6.45, 7) is 4.45. The Labute approximate surface area is 141 Å². The predicted octanol–water partition coefficient (Wildman–Crippen LogP) is 4.05. The van der Waals surface area contributed by atoms with Crippen molar-refractivity contribution in [2.75, 3.05) is 7.11 Å². The van der Waals surface area contributed by atoms with Crippen molar-refractivity contribution < 1.29 is 19.1 Å². The Morgan fingerprint density at radius 3 is 2.54 bits per heavy atom. The van der Waals surface area contributed by atoms with Crippen LogP contribution in [0.4, 0.5) is 0 Å². The van der Waals surface area contributed by atoms with Gasteiger partial charge < -0.3 is 9.47 Å². The van der Waals surface area contributed by atoms with Crippen LogP contribution in [0.1, 0.15) is 56.7 Å². The third kappa shape index (κ3) is 2.92. The van der Waals surface area contributed by atoms with Crippen molar-refractivity contribution >= 4 is 11.8 Å². The molecule has 0 bridgehead atoms. The Bertz CT molecular complexity index is 790. The molecule has 0 aliphatic heterocycles. The Hall–Kier alpha value is -2.62. The van der Waals surface area contributed by atoms with E-state index >= 15 is 0 Å². The van der Waals surface area contributed by atoms with E-state index in [1.165, 1.54) is 7.11 Å². The van der Waals surface area contributed by atoms with Crippen LogP contribution < -0.4 is 4.74 Å². The van der Waals surface area contributed by atoms with E-state index in [0.29, 0.717) is 24.3 Å². The minimum Gasteiger partial charge on any atom is -0.488 e. The summed E-state index contributed by atoms with van der Waals surface area (Å²) in [5, 5.41) is 0. The van der Waals surface area contributed by atoms with Gasteiger partial charge in [-0.1, -0.05) is 25.1 Å². The molecule has 0 saturated heterocycles. The first-order chi connectivity index (χ1) is 11.5. The zero-order valence-corrected chi connectivity index (χ0v) is 14.1. The van der Waals surface area contributed by atoms with Gasteiger partial charge in [0, 0.05) is 6.42 Å². The first-order valence-corrected chi connectivity index (χ1v) is 7.98. The van der Waals surface area contributed by atoms with Crippen molar-refractivity contribution in [3.63, 3.8) is 0 Å². The van der Waals surface area contributed by atoms with Crippen LogP contribution in [-0.4, -0.2) is 18.9 Å². The highest BCUT2D eigenvalue weighted by atomic mass is 16.5. The van der Waals surface area contributed by atoms with Crippen molar-refractivity contribution in [2.24, 2.45) is 0 Å². The van der Waals surface area contributed by atoms with Gasteiger partial charge in [0.05, 0.1) is 18.2 Å². The second-order valence-corrected chi connectivity index (χ2v) is 6.17. The van der Waals surface area contributed by atoms with Crippen LogP contribution in [0.3, 0.4) is 0 Å². The molecule has 1 atom stereocenters. The van der Waals surface area contributed by atoms with Crippen molar-refractivity contribution in [3.8, 4) is 5.75 Å². The van der Waals surface area contributed by atoms with E-state index in [1.807, 2.05) is 31.2 Å². The lowest BCUT2D eigenvalue weighted by molar-refractivity contribution is 0.0600. The molecular weight excluding hydrogens is 304 g/mol. The maximum Gasteiger partial charge on any atom is 0.337 e. The zero-order valence-electron chi connectivity index (χ0n) is 14.1. The van der Waals surface area contributed by atoms with Gasteiger partial charge in [-0.2, -0.15) is 0 Å². The molecule has 1 aliphatic carbocycles. The monoisotopic (exact) mass is 324 g/mol. The number of Topliss-reactive ketones (excluding diaryl/α,β-unsaturated/α-hetero) is 1. The van der Waals surface area contributed by atoms with Crippen LogP contribution in [0.5, 0.6) is 5.75 Å². The van der Waals surface area contributed by atoms with E-state index in [-0.39, 0.29) is 17.7 Å². The van der Waals surface area contributed by atoms with Gasteiger partial charge in [-0.25, -0.2) is 4.79 Å². The van der Waals surface area contributed by atoms with E-state index in [1.54, 1.807) is 12.1 Å². The number of rotatable bonds is 4. The molecular formula is C20H20O4. The molecule has 4 nitrogen and oxygen atoms in total. The second-order valence-electron chi connectivity index (χ2n) is 6.17. The summed E-state index contributed by atoms with van der Waals surface area (Å²) in [5.74, 6) is 0.674. The minimum atomic E-state index is -0.363. The van der Waals surface area contributed by atoms with E-state index < -0.39 is 0 Å². The maximum absolute atomic E-state index is 12.3. The van der Waals surface area contributed by atoms with E-state index in [2.05, 4.69) is 11.7 Å². The minimum absolute atomic E-state index is 0.150. The Morgan fingerprint density at radius 1 is 1.17 bits per heavy atom. The Morgan fingerprint density at radius 2 is 1.88 bits per heavy atom. The van der Waals surface area contributed by atoms with Crippen LogP contribution >= 0.6 is 0 Å². The SMILES string of the molecule is COC(=O)c1ccc(COc2ccc(C)c3c2C(=O)CC3C)cc1. The molecule has 0 heterocycles. The summed E-state index contributed by atoms with van der Waals surface area (Å²) >= 11 is 0. The fourth-order valence-electron chi connectivity index (χ4n) is 3.24. The number of carbonyl (C=O) groups excluding carboxylic acids is 2. The van der Waals surface area contributed by atoms with Gasteiger partial charge in [-0.15, -0.1) is 0 Å². The van der Waals surface area contributed by atoms with Crippen molar-refractivity contribution in [1.29, 1.82) is 0 Å². The van der Waals surface area contributed by atoms with Gasteiger partial charge in [0.25, 0.3) is 0 Å². The largest absolute Gasteiger partial charge is 0.488 e. The highest BCUT2D eigenvalue weighted by Gasteiger charge is 2.31. The zero-order chi connectivity index (χ0) is 17.3. The topological polar surface area (TPSA) is 52.6 Å². The summed E-state index contributed by atoms with van der Waals surface area (Å²) in [7, 11) is 1.36. The molecule has 124 valence electrons. The number of aryl methyl sites for hydroxylation is 1. The lowest BCUT2D eigenvalue weighted by Gasteiger charge is -2.13. The van der Waals surface area contributed by atoms with Gasteiger partial charge in [-0.3, -0.25) is 4.79 Å². The lowest BCUT2D eigenvalue weighted by atomic mass is 9.97. The highest BCUT2D eigenvalue weighted by molar-refractivity contribution is 6.04. The number of hydrogen-bond acceptors (Lipinski definition) is 4. The van der Waals surface area contributed by atoms with Crippen molar-refractivity contribution in [2.45, 2.75) is 32.8 Å². The number of esters is 1. The quantitative estimate of drug-likeness (QED) is 0.796. The van der Waals surface area contributed by atoms with Crippen molar-refractivity contribution in [1.82, 2.24) is 0 Å². The molecule has 0 radical (unpaired) electrons. The average Bonchev–Trinajstić information content (AvgIpc) is 2.90. The third-order valence-electron chi connectivity index (χ3n) is 4.46. The molecule has 1 aliphatic rings. The van der Waals surface area contributed by atoms with Crippen molar-refractivity contribution in [3.05, 3.63) is 64.2 Å². The summed E-state index contributed by atoms with van der Waals surface area (Å²) < 4.78 is 10.6. The van der Waals surface area contributed by atoms with E-state index in [4.69, 9.17) is 4.74 Å². The van der Waals surface area contributed by atoms with Crippen LogP contribution in [-0.2, 0) is 11.3 Å². The molecule has 0 fully saturated rings. The highest BCUT2D eigenvalue weighted by Crippen LogP contribution is 2.40. The first kappa shape index (κ1) is 16.2. The molecule has 2 aromatic carbocycles. The van der Waals surface area contributed by atoms with E-state index in [0.717, 1.165) is 22.3 Å². The van der Waals surface area contributed by atoms with Gasteiger partial charge in [0.2, 0.25) is 0 Å². The van der Waals surface area contributed by atoms with Gasteiger partial charge in [-0.05, 0) is 47.7 Å². The number of methoxy groups -OCH3 is 1. The van der Waals surface area contributed by atoms with Gasteiger partial charge >= 0.3 is 5.97 Å². The lowest BCUT2D eigenvalue weighted by Crippen LogP contribution is -2.04. The molecule has 2 aromatic rings. The molecule has 3 rings (SSSR count). The number of benzene rings is 2. The molecule has 24 heavy (non-hydrogen) atoms. The summed E-state index contributed by atoms with van der Waals surface area (Å²) in [5.41, 5.74) is 4.40. The fraction of sp³-hybridized carbons (Fsp3) is 0.300. The number of hydrogen-bond donors (Lipinski definition) is 0. The number of carbonyl (C=O) groups is 2. The van der Waals surface area contributed by atoms with Crippen LogP contribution in [0.25, 0.3) is 0 Å². The summed E-state index contributed by atoms with van der Waals surface area (Å²) in [4.78, 5) is 23.7. The second kappa shape index (κ2) is 6.48. The molecule has 0 saturated carbocycles. The predicted molar refractivity (Wildman–Crippen MR) is 90.7 cm³/mol. The molecule has 4 heteroatoms. The fourth-order valence-corrected chi connectivity index (χ4v) is 3.24. The van der Waals surface area contributed by atoms with Crippen LogP contribution in [0, 0.1) is 6.92 Å². The standard InChI is InChI=1S/C20H20O4/c1-12-4-9-17(19-16(21)10-13(2)18(12)19)24-11-14-5-7-15(8-6-14)20(22)23-3/h4-9,13H,10-11H2,1-3H3. The molecule has 0 amide bonds. The Balaban J connectivity index is 1.79. The summed E-state index contributed by atoms with van der Waals surface area (Å²) in [6, 6.07) is 10.9. The molecule has 0 spiro atoms. The number of ketones is 1. The average molecular weight is 324 g/mol. The maximum atomic E-state index is 12.3. The van der Waals surface area contributed by atoms with Gasteiger partial charge in [0.15, 0.2) is 5.78 Å².